The fourth-order valence-electron chi connectivity index (χ4n) is 2.43. The minimum Gasteiger partial charge on any atom is -0.326 e. The maximum absolute atomic E-state index is 12.0. The molecule has 3 rings (SSSR count). The van der Waals surface area contributed by atoms with E-state index in [0.717, 1.165) is 16.2 Å². The Bertz CT molecular complexity index is 882. The van der Waals surface area contributed by atoms with Gasteiger partial charge < -0.3 is 5.32 Å². The molecule has 0 aliphatic carbocycles. The fraction of sp³-hybridized carbons (Fsp3) is 0.158. The molecule has 1 amide bonds. The van der Waals surface area contributed by atoms with E-state index >= 15 is 0 Å². The molecule has 0 unspecified atom stereocenters. The van der Waals surface area contributed by atoms with Crippen molar-refractivity contribution in [3.8, 4) is 0 Å². The molecule has 3 aromatic rings. The Kier molecular flexibility index (Phi) is 5.38. The van der Waals surface area contributed by atoms with Gasteiger partial charge >= 0.3 is 0 Å². The zero-order chi connectivity index (χ0) is 16.9. The van der Waals surface area contributed by atoms with Crippen molar-refractivity contribution in [1.82, 2.24) is 4.98 Å². The van der Waals surface area contributed by atoms with Crippen molar-refractivity contribution in [3.05, 3.63) is 65.2 Å². The number of thioether (sulfide) groups is 1. The number of rotatable bonds is 5. The normalized spacial score (nSPS) is 10.8. The Morgan fingerprint density at radius 2 is 2.00 bits per heavy atom. The molecule has 3 nitrogen and oxygen atoms in total. The molecule has 0 atom stereocenters. The molecule has 0 radical (unpaired) electrons. The number of carbonyl (C=O) groups is 1. The summed E-state index contributed by atoms with van der Waals surface area (Å²) in [6, 6.07) is 17.3. The monoisotopic (exact) mass is 356 g/mol. The molecule has 2 aromatic carbocycles. The number of hydrogen-bond acceptors (Lipinski definition) is 3. The second-order valence-electron chi connectivity index (χ2n) is 5.45. The third-order valence-corrected chi connectivity index (χ3v) is 4.74. The lowest BCUT2D eigenvalue weighted by Gasteiger charge is -2.07. The van der Waals surface area contributed by atoms with Gasteiger partial charge in [-0.25, -0.2) is 4.98 Å². The van der Waals surface area contributed by atoms with Crippen molar-refractivity contribution in [2.24, 2.45) is 0 Å². The topological polar surface area (TPSA) is 42.0 Å². The van der Waals surface area contributed by atoms with Crippen LogP contribution >= 0.6 is 23.4 Å². The average molecular weight is 357 g/mol. The lowest BCUT2D eigenvalue weighted by Crippen LogP contribution is -2.12. The van der Waals surface area contributed by atoms with Gasteiger partial charge in [0.05, 0.1) is 10.5 Å². The number of fused-ring (bicyclic) bond motifs is 1. The zero-order valence-electron chi connectivity index (χ0n) is 13.3. The number of halogens is 1. The molecule has 24 heavy (non-hydrogen) atoms. The summed E-state index contributed by atoms with van der Waals surface area (Å²) in [6.07, 6.45) is 0.421. The smallest absolute Gasteiger partial charge is 0.225 e. The van der Waals surface area contributed by atoms with Gasteiger partial charge in [0.1, 0.15) is 0 Å². The van der Waals surface area contributed by atoms with E-state index in [9.17, 15) is 4.79 Å². The van der Waals surface area contributed by atoms with Crippen LogP contribution in [0.1, 0.15) is 12.0 Å². The van der Waals surface area contributed by atoms with Gasteiger partial charge in [0.2, 0.25) is 5.91 Å². The van der Waals surface area contributed by atoms with Crippen molar-refractivity contribution in [2.75, 3.05) is 11.1 Å². The molecular weight excluding hydrogens is 340 g/mol. The Hall–Kier alpha value is -2.04. The average Bonchev–Trinajstić information content (AvgIpc) is 2.55. The standard InChI is InChI=1S/C19H17ClN2OS/c1-13-11-19(22-17-8-3-2-7-16(13)17)24-10-9-18(23)21-15-6-4-5-14(20)12-15/h2-8,11-12H,9-10H2,1H3,(H,21,23). The summed E-state index contributed by atoms with van der Waals surface area (Å²) in [4.78, 5) is 16.6. The molecule has 0 fully saturated rings. The highest BCUT2D eigenvalue weighted by Gasteiger charge is 2.06. The van der Waals surface area contributed by atoms with Gasteiger partial charge in [-0.3, -0.25) is 4.79 Å². The van der Waals surface area contributed by atoms with Crippen LogP contribution in [0, 0.1) is 6.92 Å². The molecule has 1 N–H and O–H groups in total. The van der Waals surface area contributed by atoms with Crippen molar-refractivity contribution in [3.63, 3.8) is 0 Å². The van der Waals surface area contributed by atoms with E-state index in [2.05, 4.69) is 29.4 Å². The number of hydrogen-bond donors (Lipinski definition) is 1. The Balaban J connectivity index is 1.57. The summed E-state index contributed by atoms with van der Waals surface area (Å²) in [7, 11) is 0. The molecule has 122 valence electrons. The van der Waals surface area contributed by atoms with Gasteiger partial charge in [0.15, 0.2) is 0 Å². The highest BCUT2D eigenvalue weighted by atomic mass is 35.5. The third-order valence-electron chi connectivity index (χ3n) is 3.59. The lowest BCUT2D eigenvalue weighted by molar-refractivity contribution is -0.115. The molecule has 0 bridgehead atoms. The van der Waals surface area contributed by atoms with Crippen LogP contribution in [-0.4, -0.2) is 16.6 Å². The van der Waals surface area contributed by atoms with Crippen LogP contribution in [0.15, 0.2) is 59.6 Å². The van der Waals surface area contributed by atoms with Gasteiger partial charge in [-0.05, 0) is 42.8 Å². The molecule has 0 spiro atoms. The van der Waals surface area contributed by atoms with E-state index in [0.29, 0.717) is 17.2 Å². The van der Waals surface area contributed by atoms with Crippen LogP contribution in [0.2, 0.25) is 5.02 Å². The van der Waals surface area contributed by atoms with Gasteiger partial charge in [-0.1, -0.05) is 35.9 Å². The van der Waals surface area contributed by atoms with E-state index in [1.54, 1.807) is 23.9 Å². The second-order valence-corrected chi connectivity index (χ2v) is 7.00. The quantitative estimate of drug-likeness (QED) is 0.629. The van der Waals surface area contributed by atoms with Crippen LogP contribution in [0.3, 0.4) is 0 Å². The summed E-state index contributed by atoms with van der Waals surface area (Å²) >= 11 is 7.50. The van der Waals surface area contributed by atoms with Crippen LogP contribution in [0.4, 0.5) is 5.69 Å². The van der Waals surface area contributed by atoms with Crippen molar-refractivity contribution in [1.29, 1.82) is 0 Å². The molecule has 0 aliphatic rings. The number of nitrogens with zero attached hydrogens (tertiary/aromatic N) is 1. The maximum Gasteiger partial charge on any atom is 0.225 e. The molecular formula is C19H17ClN2OS. The first-order valence-corrected chi connectivity index (χ1v) is 9.03. The summed E-state index contributed by atoms with van der Waals surface area (Å²) in [5.41, 5.74) is 2.91. The summed E-state index contributed by atoms with van der Waals surface area (Å²) in [6.45, 7) is 2.08. The van der Waals surface area contributed by atoms with E-state index in [4.69, 9.17) is 11.6 Å². The number of aromatic nitrogens is 1. The Labute approximate surface area is 150 Å². The summed E-state index contributed by atoms with van der Waals surface area (Å²) in [5.74, 6) is 0.652. The minimum atomic E-state index is -0.0257. The highest BCUT2D eigenvalue weighted by molar-refractivity contribution is 7.99. The number of amides is 1. The molecule has 0 saturated heterocycles. The minimum absolute atomic E-state index is 0.0257. The van der Waals surface area contributed by atoms with E-state index < -0.39 is 0 Å². The largest absolute Gasteiger partial charge is 0.326 e. The molecule has 0 saturated carbocycles. The van der Waals surface area contributed by atoms with E-state index in [-0.39, 0.29) is 5.91 Å². The number of anilines is 1. The predicted molar refractivity (Wildman–Crippen MR) is 102 cm³/mol. The third kappa shape index (κ3) is 4.28. The van der Waals surface area contributed by atoms with Crippen molar-refractivity contribution >= 4 is 45.9 Å². The SMILES string of the molecule is Cc1cc(SCCC(=O)Nc2cccc(Cl)c2)nc2ccccc12. The number of para-hydroxylation sites is 1. The van der Waals surface area contributed by atoms with Crippen LogP contribution in [-0.2, 0) is 4.79 Å². The summed E-state index contributed by atoms with van der Waals surface area (Å²) < 4.78 is 0. The van der Waals surface area contributed by atoms with Crippen LogP contribution in [0.25, 0.3) is 10.9 Å². The number of pyridine rings is 1. The fourth-order valence-corrected chi connectivity index (χ4v) is 3.54. The van der Waals surface area contributed by atoms with Crippen molar-refractivity contribution in [2.45, 2.75) is 18.4 Å². The van der Waals surface area contributed by atoms with Crippen molar-refractivity contribution < 1.29 is 4.79 Å². The second kappa shape index (κ2) is 7.69. The Morgan fingerprint density at radius 1 is 1.17 bits per heavy atom. The van der Waals surface area contributed by atoms with E-state index in [1.807, 2.05) is 30.3 Å². The van der Waals surface area contributed by atoms with Gasteiger partial charge in [0, 0.05) is 28.3 Å². The first-order chi connectivity index (χ1) is 11.6. The van der Waals surface area contributed by atoms with Crippen LogP contribution < -0.4 is 5.32 Å². The predicted octanol–water partition coefficient (Wildman–Crippen LogP) is 5.32. The number of nitrogens with one attached hydrogen (secondary N) is 1. The van der Waals surface area contributed by atoms with Gasteiger partial charge in [-0.15, -0.1) is 11.8 Å². The number of aryl methyl sites for hydroxylation is 1. The van der Waals surface area contributed by atoms with Crippen LogP contribution in [0.5, 0.6) is 0 Å². The first kappa shape index (κ1) is 16.8. The van der Waals surface area contributed by atoms with Gasteiger partial charge in [-0.2, -0.15) is 0 Å². The number of carbonyl (C=O) groups excluding carboxylic acids is 1. The molecule has 1 heterocycles. The zero-order valence-corrected chi connectivity index (χ0v) is 14.8. The van der Waals surface area contributed by atoms with E-state index in [1.165, 1.54) is 10.9 Å². The van der Waals surface area contributed by atoms with Gasteiger partial charge in [0.25, 0.3) is 0 Å². The maximum atomic E-state index is 12.0. The number of benzene rings is 2. The first-order valence-electron chi connectivity index (χ1n) is 7.66. The molecule has 1 aromatic heterocycles. The Morgan fingerprint density at radius 3 is 2.83 bits per heavy atom. The molecule has 5 heteroatoms. The lowest BCUT2D eigenvalue weighted by atomic mass is 10.1. The summed E-state index contributed by atoms with van der Waals surface area (Å²) in [5, 5.41) is 5.58. The molecule has 0 aliphatic heterocycles. The highest BCUT2D eigenvalue weighted by Crippen LogP contribution is 2.24.